The first kappa shape index (κ1) is 100. The Hall–Kier alpha value is -9.97. The van der Waals surface area contributed by atoms with Crippen LogP contribution in [0.2, 0.25) is 0 Å². The number of hydrogen-bond acceptors (Lipinski definition) is 16. The monoisotopic (exact) mass is 1690 g/mol. The molecule has 0 radical (unpaired) electrons. The molecule has 0 bridgehead atoms. The van der Waals surface area contributed by atoms with Crippen molar-refractivity contribution in [2.24, 2.45) is 17.8 Å². The van der Waals surface area contributed by atoms with Gasteiger partial charge in [-0.3, -0.25) is 38.4 Å². The van der Waals surface area contributed by atoms with E-state index in [4.69, 9.17) is 9.47 Å². The summed E-state index contributed by atoms with van der Waals surface area (Å²) < 4.78 is 41.8. The van der Waals surface area contributed by atoms with Gasteiger partial charge < -0.3 is 54.7 Å². The normalized spacial score (nSPS) is 16.1. The molecular formula is C101H136F2N8O12. The van der Waals surface area contributed by atoms with Gasteiger partial charge in [0, 0.05) is 112 Å². The summed E-state index contributed by atoms with van der Waals surface area (Å²) in [5, 5.41) is 8.42. The molecule has 1 atom stereocenters. The van der Waals surface area contributed by atoms with Gasteiger partial charge >= 0.3 is 6.09 Å². The Kier molecular flexibility index (Phi) is 43.4. The van der Waals surface area contributed by atoms with Crippen LogP contribution >= 0.6 is 0 Å². The molecule has 7 aromatic carbocycles. The summed E-state index contributed by atoms with van der Waals surface area (Å²) in [4.78, 5) is 116. The highest BCUT2D eigenvalue weighted by molar-refractivity contribution is 5.99. The first-order valence-corrected chi connectivity index (χ1v) is 44.2. The molecule has 7 aromatic rings. The number of likely N-dealkylation sites (tertiary alicyclic amines) is 4. The van der Waals surface area contributed by atoms with Crippen LogP contribution in [0.3, 0.4) is 0 Å². The van der Waals surface area contributed by atoms with Crippen molar-refractivity contribution in [3.63, 3.8) is 0 Å². The molecule has 4 amide bonds. The number of benzene rings is 7. The van der Waals surface area contributed by atoms with E-state index >= 15 is 0 Å². The van der Waals surface area contributed by atoms with E-state index in [1.54, 1.807) is 30.0 Å². The molecule has 6 saturated heterocycles. The van der Waals surface area contributed by atoms with Crippen LogP contribution in [0, 0.1) is 77.9 Å². The molecule has 22 heteroatoms. The lowest BCUT2D eigenvalue weighted by Crippen LogP contribution is -2.42. The smallest absolute Gasteiger partial charge is 0.410 e. The zero-order valence-electron chi connectivity index (χ0n) is 75.1. The number of halogens is 2. The van der Waals surface area contributed by atoms with Crippen molar-refractivity contribution < 1.29 is 66.1 Å². The van der Waals surface area contributed by atoms with Gasteiger partial charge in [-0.05, 0) is 290 Å². The molecule has 666 valence electrons. The van der Waals surface area contributed by atoms with Crippen LogP contribution in [0.15, 0.2) is 158 Å². The van der Waals surface area contributed by atoms with Gasteiger partial charge in [-0.1, -0.05) is 137 Å². The lowest BCUT2D eigenvalue weighted by atomic mass is 9.90. The molecule has 0 unspecified atom stereocenters. The van der Waals surface area contributed by atoms with Gasteiger partial charge in [0.25, 0.3) is 24.2 Å². The fraction of sp³-hybridized carbons (Fsp3) is 0.495. The number of Topliss-reactive ketones (excluding diaryl/α,β-unsaturated/α-hetero) is 4. The van der Waals surface area contributed by atoms with E-state index in [9.17, 15) is 51.9 Å². The number of ether oxygens (including phenoxy) is 3. The highest BCUT2D eigenvalue weighted by atomic mass is 19.1. The second-order valence-corrected chi connectivity index (χ2v) is 34.7. The molecule has 6 fully saturated rings. The second-order valence-electron chi connectivity index (χ2n) is 34.7. The van der Waals surface area contributed by atoms with Crippen LogP contribution in [-0.4, -0.2) is 209 Å². The third-order valence-corrected chi connectivity index (χ3v) is 22.6. The van der Waals surface area contributed by atoms with Crippen LogP contribution in [0.25, 0.3) is 0 Å². The Labute approximate surface area is 730 Å². The summed E-state index contributed by atoms with van der Waals surface area (Å²) in [5.74, 6) is 0.740. The van der Waals surface area contributed by atoms with E-state index in [2.05, 4.69) is 42.3 Å². The van der Waals surface area contributed by atoms with Crippen molar-refractivity contribution >= 4 is 53.4 Å². The molecular weight excluding hydrogens is 1560 g/mol. The van der Waals surface area contributed by atoms with Gasteiger partial charge in [-0.25, -0.2) is 13.6 Å². The predicted octanol–water partition coefficient (Wildman–Crippen LogP) is 17.9. The first-order valence-electron chi connectivity index (χ1n) is 44.2. The van der Waals surface area contributed by atoms with E-state index in [0.717, 1.165) is 168 Å². The maximum Gasteiger partial charge on any atom is 0.410 e. The number of aryl methyl sites for hydroxylation is 7. The number of likely N-dealkylation sites (N-methyl/N-ethyl adjacent to an activating group) is 1. The molecule has 6 aliphatic heterocycles. The largest absolute Gasteiger partial charge is 0.447 e. The van der Waals surface area contributed by atoms with E-state index in [1.807, 2.05) is 196 Å². The average Bonchev–Trinajstić information content (AvgIpc) is 1.63. The van der Waals surface area contributed by atoms with Crippen LogP contribution in [0.4, 0.5) is 13.6 Å². The van der Waals surface area contributed by atoms with Gasteiger partial charge in [-0.15, -0.1) is 0 Å². The van der Waals surface area contributed by atoms with Crippen molar-refractivity contribution in [2.45, 2.75) is 190 Å². The van der Waals surface area contributed by atoms with Crippen LogP contribution in [0.1, 0.15) is 241 Å². The lowest BCUT2D eigenvalue weighted by molar-refractivity contribution is -0.129. The fourth-order valence-electron chi connectivity index (χ4n) is 15.2. The minimum absolute atomic E-state index is 0.00292. The molecule has 3 N–H and O–H groups in total. The SMILES string of the molecule is Cc1ccc(C(=O)CC2CCN(C(=O)OC(C)(C)C)CC2)cc1.Cc1ccc(C(=O)CC2CCNCC2)cc1.Cc1ccc(C(=O)CC2CCOCC2)cc1.Cc1ccc(C(=O)CCCN2CCCC2)c(F)c1.Cc1ccc(C(=O)N2CCC[C@H]2CN2CCCC2)cc1.Cc1ccc(C(=O)NCCN(C)C)cc1.Cc1ccc(C(=O)NCOC=O)c(F)c1. The highest BCUT2D eigenvalue weighted by Crippen LogP contribution is 2.28. The summed E-state index contributed by atoms with van der Waals surface area (Å²) in [6, 6.07) is 48.5. The molecule has 0 saturated carbocycles. The Balaban J connectivity index is 0.000000198. The summed E-state index contributed by atoms with van der Waals surface area (Å²) in [7, 11) is 3.97. The number of hydrogen-bond donors (Lipinski definition) is 3. The highest BCUT2D eigenvalue weighted by Gasteiger charge is 2.33. The van der Waals surface area contributed by atoms with Crippen LogP contribution < -0.4 is 16.0 Å². The third-order valence-electron chi connectivity index (χ3n) is 22.6. The van der Waals surface area contributed by atoms with Crippen LogP contribution in [-0.2, 0) is 19.0 Å². The van der Waals surface area contributed by atoms with E-state index < -0.39 is 17.3 Å². The Morgan fingerprint density at radius 3 is 1.35 bits per heavy atom. The van der Waals surface area contributed by atoms with Crippen molar-refractivity contribution in [1.29, 1.82) is 0 Å². The number of piperidine rings is 2. The van der Waals surface area contributed by atoms with E-state index in [1.165, 1.54) is 79.2 Å². The molecule has 6 heterocycles. The molecule has 0 spiro atoms. The molecule has 0 aromatic heterocycles. The molecule has 13 rings (SSSR count). The van der Waals surface area contributed by atoms with Gasteiger partial charge in [0.05, 0.1) is 11.1 Å². The first-order chi connectivity index (χ1) is 58.9. The van der Waals surface area contributed by atoms with Crippen molar-refractivity contribution in [3.8, 4) is 0 Å². The predicted molar refractivity (Wildman–Crippen MR) is 484 cm³/mol. The third kappa shape index (κ3) is 37.6. The van der Waals surface area contributed by atoms with E-state index in [0.29, 0.717) is 74.9 Å². The number of nitrogens with one attached hydrogen (secondary N) is 3. The number of carbonyl (C=O) groups is 9. The van der Waals surface area contributed by atoms with Crippen LogP contribution in [0.5, 0.6) is 0 Å². The minimum Gasteiger partial charge on any atom is -0.447 e. The summed E-state index contributed by atoms with van der Waals surface area (Å²) in [6.45, 7) is 33.5. The lowest BCUT2D eigenvalue weighted by Gasteiger charge is -2.33. The zero-order valence-corrected chi connectivity index (χ0v) is 75.1. The number of nitrogens with zero attached hydrogens (tertiary/aromatic N) is 5. The molecule has 6 aliphatic rings. The van der Waals surface area contributed by atoms with E-state index in [-0.39, 0.29) is 65.4 Å². The van der Waals surface area contributed by atoms with Crippen molar-refractivity contribution in [1.82, 2.24) is 40.4 Å². The Morgan fingerprint density at radius 2 is 0.902 bits per heavy atom. The average molecular weight is 1690 g/mol. The van der Waals surface area contributed by atoms with Gasteiger partial charge in [-0.2, -0.15) is 0 Å². The van der Waals surface area contributed by atoms with Gasteiger partial charge in [0.15, 0.2) is 29.9 Å². The number of ketones is 4. The van der Waals surface area contributed by atoms with Gasteiger partial charge in [0.2, 0.25) is 0 Å². The molecule has 0 aliphatic carbocycles. The summed E-state index contributed by atoms with van der Waals surface area (Å²) >= 11 is 0. The standard InChI is InChI=1S/C19H27NO3.C17H24N2O.C15H20FNO.C14H19NO.C14H18O2.C12H18N2O.C10H10FNO3/c1-14-5-7-16(8-6-14)17(21)13-15-9-11-20(12-10-15)18(22)23-19(2,3)4;1-14-6-8-15(9-7-14)17(20)19-12-4-5-16(19)13-18-10-2-3-11-18;1-12-6-7-13(14(16)11-12)15(18)5-4-10-17-8-2-3-9-17;1-11-2-4-13(5-3-11)14(16)10-12-6-8-15-9-7-12;1-11-2-4-13(5-3-11)14(15)10-12-6-8-16-9-7-12;1-10-4-6-11(7-5-10)12(15)13-8-9-14(2)3;1-7-2-3-8(9(11)4-7)10(14)12-5-15-6-13/h5-8,15H,9-13H2,1-4H3;6-9,16H,2-5,10-13H2,1H3;6-7,11H,2-5,8-10H2,1H3;2-5,12,15H,6-10H2,1H3;2-5,12H,6-10H2,1H3;4-7H,8-9H2,1-3H3,(H,13,15);2-4,6H,5H2,1H3,(H,12,14)/t;16-;;;;;/m.0...../s1. The van der Waals surface area contributed by atoms with Crippen molar-refractivity contribution in [3.05, 3.63) is 247 Å². The Morgan fingerprint density at radius 1 is 0.480 bits per heavy atom. The van der Waals surface area contributed by atoms with Crippen molar-refractivity contribution in [2.75, 3.05) is 119 Å². The quantitative estimate of drug-likeness (QED) is 0.0209. The zero-order chi connectivity index (χ0) is 89.2. The fourth-order valence-corrected chi connectivity index (χ4v) is 15.2. The maximum atomic E-state index is 13.6. The summed E-state index contributed by atoms with van der Waals surface area (Å²) in [6.07, 6.45) is 16.5. The number of rotatable bonds is 25. The topological polar surface area (TPSA) is 234 Å². The van der Waals surface area contributed by atoms with Gasteiger partial charge in [0.1, 0.15) is 17.2 Å². The number of carbonyl (C=O) groups excluding carboxylic acids is 9. The molecule has 20 nitrogen and oxygen atoms in total. The molecule has 123 heavy (non-hydrogen) atoms. The number of amides is 4. The maximum absolute atomic E-state index is 13.6. The Bertz CT molecular complexity index is 4340. The summed E-state index contributed by atoms with van der Waals surface area (Å²) in [5.41, 5.74) is 11.3. The minimum atomic E-state index is -0.616. The second kappa shape index (κ2) is 53.3.